The lowest BCUT2D eigenvalue weighted by Gasteiger charge is -1.90. The fraction of sp³-hybridized carbons (Fsp3) is 1.00. The average Bonchev–Trinajstić information content (AvgIpc) is 1.38. The van der Waals surface area contributed by atoms with Crippen LogP contribution in [-0.4, -0.2) is 24.6 Å². The Hall–Kier alpha value is -0.640. The van der Waals surface area contributed by atoms with Crippen molar-refractivity contribution in [2.24, 2.45) is 5.29 Å². The maximum atomic E-state index is 9.18. The summed E-state index contributed by atoms with van der Waals surface area (Å²) in [4.78, 5) is 9.18. The SMILES string of the molecule is CN(C)N=O.O. The van der Waals surface area contributed by atoms with E-state index in [0.717, 1.165) is 0 Å². The molecule has 0 aliphatic heterocycles. The van der Waals surface area contributed by atoms with Crippen LogP contribution in [0.2, 0.25) is 0 Å². The summed E-state index contributed by atoms with van der Waals surface area (Å²) in [5.41, 5.74) is 0. The standard InChI is InChI=1S/C2H6N2O.H2O/c1-4(2)3-5;/h1-2H3;1H2. The van der Waals surface area contributed by atoms with Crippen LogP contribution >= 0.6 is 0 Å². The first kappa shape index (κ1) is 9.03. The van der Waals surface area contributed by atoms with Gasteiger partial charge in [0.15, 0.2) is 0 Å². The molecule has 0 aromatic carbocycles. The van der Waals surface area contributed by atoms with Crippen LogP contribution in [-0.2, 0) is 0 Å². The third-order valence-electron chi connectivity index (χ3n) is 0.163. The Morgan fingerprint density at radius 1 is 1.50 bits per heavy atom. The Kier molecular flexibility index (Phi) is 6.56. The number of hydrogen-bond donors (Lipinski definition) is 0. The highest BCUT2D eigenvalue weighted by Crippen LogP contribution is 1.64. The van der Waals surface area contributed by atoms with E-state index in [1.807, 2.05) is 0 Å². The van der Waals surface area contributed by atoms with Crippen LogP contribution in [0.4, 0.5) is 0 Å². The van der Waals surface area contributed by atoms with E-state index in [9.17, 15) is 4.91 Å². The van der Waals surface area contributed by atoms with Crippen molar-refractivity contribution in [1.82, 2.24) is 5.01 Å². The zero-order chi connectivity index (χ0) is 4.28. The number of nitroso groups, excluding NO2 is 1. The molecule has 6 heavy (non-hydrogen) atoms. The van der Waals surface area contributed by atoms with Gasteiger partial charge in [-0.25, -0.2) is 0 Å². The zero-order valence-electron chi connectivity index (χ0n) is 3.80. The summed E-state index contributed by atoms with van der Waals surface area (Å²) in [7, 11) is 3.15. The summed E-state index contributed by atoms with van der Waals surface area (Å²) < 4.78 is 0. The highest BCUT2D eigenvalue weighted by atomic mass is 16.3. The molecule has 0 radical (unpaired) electrons. The Bertz CT molecular complexity index is 36.5. The molecule has 38 valence electrons. The second kappa shape index (κ2) is 4.36. The van der Waals surface area contributed by atoms with Crippen molar-refractivity contribution in [1.29, 1.82) is 0 Å². The highest BCUT2D eigenvalue weighted by molar-refractivity contribution is 4.16. The van der Waals surface area contributed by atoms with E-state index in [1.165, 1.54) is 5.01 Å². The molecule has 0 saturated heterocycles. The van der Waals surface area contributed by atoms with Gasteiger partial charge in [-0.2, -0.15) is 0 Å². The van der Waals surface area contributed by atoms with Crippen LogP contribution in [0.25, 0.3) is 0 Å². The second-order valence-electron chi connectivity index (χ2n) is 0.929. The molecule has 4 nitrogen and oxygen atoms in total. The third kappa shape index (κ3) is 10.1. The van der Waals surface area contributed by atoms with E-state index >= 15 is 0 Å². The van der Waals surface area contributed by atoms with Crippen molar-refractivity contribution in [2.75, 3.05) is 14.1 Å². The van der Waals surface area contributed by atoms with Crippen molar-refractivity contribution in [3.8, 4) is 0 Å². The summed E-state index contributed by atoms with van der Waals surface area (Å²) in [6.45, 7) is 0. The summed E-state index contributed by atoms with van der Waals surface area (Å²) in [6.07, 6.45) is 0. The fourth-order valence-electron chi connectivity index (χ4n) is 0. The normalized spacial score (nSPS) is 5.67. The van der Waals surface area contributed by atoms with Crippen LogP contribution in [0.3, 0.4) is 0 Å². The molecular weight excluding hydrogens is 84.0 g/mol. The minimum absolute atomic E-state index is 0. The molecular formula is C2H8N2O2. The first-order valence-electron chi connectivity index (χ1n) is 1.28. The van der Waals surface area contributed by atoms with Crippen LogP contribution < -0.4 is 0 Å². The monoisotopic (exact) mass is 92.1 g/mol. The van der Waals surface area contributed by atoms with Gasteiger partial charge in [0.25, 0.3) is 0 Å². The van der Waals surface area contributed by atoms with Crippen LogP contribution in [0, 0.1) is 4.91 Å². The van der Waals surface area contributed by atoms with E-state index < -0.39 is 0 Å². The minimum Gasteiger partial charge on any atom is -0.412 e. The number of nitrogens with zero attached hydrogens (tertiary/aromatic N) is 2. The minimum atomic E-state index is 0. The lowest BCUT2D eigenvalue weighted by atomic mass is 11.2. The van der Waals surface area contributed by atoms with E-state index in [-0.39, 0.29) is 5.48 Å². The van der Waals surface area contributed by atoms with Crippen LogP contribution in [0.15, 0.2) is 5.29 Å². The average molecular weight is 92.1 g/mol. The van der Waals surface area contributed by atoms with Crippen LogP contribution in [0.5, 0.6) is 0 Å². The van der Waals surface area contributed by atoms with Gasteiger partial charge in [0, 0.05) is 14.1 Å². The number of hydrogen-bond acceptors (Lipinski definition) is 2. The Labute approximate surface area is 36.0 Å². The van der Waals surface area contributed by atoms with Gasteiger partial charge in [-0.1, -0.05) is 0 Å². The van der Waals surface area contributed by atoms with Gasteiger partial charge < -0.3 is 5.48 Å². The van der Waals surface area contributed by atoms with Crippen molar-refractivity contribution in [2.45, 2.75) is 0 Å². The van der Waals surface area contributed by atoms with Crippen LogP contribution in [0.1, 0.15) is 0 Å². The molecule has 0 aromatic rings. The summed E-state index contributed by atoms with van der Waals surface area (Å²) in [5, 5.41) is 3.67. The maximum absolute atomic E-state index is 9.18. The molecule has 0 heterocycles. The predicted octanol–water partition coefficient (Wildman–Crippen LogP) is -0.595. The lowest BCUT2D eigenvalue weighted by molar-refractivity contribution is 0.431. The Morgan fingerprint density at radius 3 is 1.67 bits per heavy atom. The maximum Gasteiger partial charge on any atom is 0.0518 e. The first-order valence-corrected chi connectivity index (χ1v) is 1.28. The van der Waals surface area contributed by atoms with Gasteiger partial charge in [-0.3, -0.25) is 5.01 Å². The largest absolute Gasteiger partial charge is 0.412 e. The summed E-state index contributed by atoms with van der Waals surface area (Å²) in [5.74, 6) is 0. The molecule has 0 fully saturated rings. The first-order chi connectivity index (χ1) is 2.27. The second-order valence-corrected chi connectivity index (χ2v) is 0.929. The van der Waals surface area contributed by atoms with E-state index in [2.05, 4.69) is 5.29 Å². The number of rotatable bonds is 1. The third-order valence-corrected chi connectivity index (χ3v) is 0.163. The molecule has 0 unspecified atom stereocenters. The quantitative estimate of drug-likeness (QED) is 0.320. The van der Waals surface area contributed by atoms with Gasteiger partial charge >= 0.3 is 0 Å². The van der Waals surface area contributed by atoms with Gasteiger partial charge in [0.2, 0.25) is 0 Å². The smallest absolute Gasteiger partial charge is 0.0518 e. The molecule has 0 bridgehead atoms. The zero-order valence-corrected chi connectivity index (χ0v) is 3.80. The molecule has 0 spiro atoms. The van der Waals surface area contributed by atoms with E-state index in [1.54, 1.807) is 14.1 Å². The molecule has 0 saturated carbocycles. The fourth-order valence-corrected chi connectivity index (χ4v) is 0. The molecule has 0 atom stereocenters. The van der Waals surface area contributed by atoms with Crippen molar-refractivity contribution < 1.29 is 5.48 Å². The summed E-state index contributed by atoms with van der Waals surface area (Å²) in [6, 6.07) is 0. The van der Waals surface area contributed by atoms with Gasteiger partial charge in [0.1, 0.15) is 0 Å². The van der Waals surface area contributed by atoms with Crippen molar-refractivity contribution >= 4 is 0 Å². The molecule has 0 aliphatic rings. The predicted molar refractivity (Wildman–Crippen MR) is 23.1 cm³/mol. The Morgan fingerprint density at radius 2 is 1.67 bits per heavy atom. The van der Waals surface area contributed by atoms with Crippen molar-refractivity contribution in [3.05, 3.63) is 4.91 Å². The van der Waals surface area contributed by atoms with Crippen molar-refractivity contribution in [3.63, 3.8) is 0 Å². The molecule has 0 rings (SSSR count). The molecule has 4 heteroatoms. The van der Waals surface area contributed by atoms with Gasteiger partial charge in [-0.05, 0) is 0 Å². The van der Waals surface area contributed by atoms with E-state index in [4.69, 9.17) is 0 Å². The van der Waals surface area contributed by atoms with E-state index in [0.29, 0.717) is 0 Å². The topological polar surface area (TPSA) is 64.2 Å². The highest BCUT2D eigenvalue weighted by Gasteiger charge is 1.68. The molecule has 0 aliphatic carbocycles. The molecule has 2 N–H and O–H groups in total. The lowest BCUT2D eigenvalue weighted by Crippen LogP contribution is -1.97. The Balaban J connectivity index is 0. The summed E-state index contributed by atoms with van der Waals surface area (Å²) >= 11 is 0. The molecule has 0 aromatic heterocycles. The van der Waals surface area contributed by atoms with Gasteiger partial charge in [-0.15, -0.1) is 4.91 Å². The van der Waals surface area contributed by atoms with Gasteiger partial charge in [0.05, 0.1) is 5.29 Å². The molecule has 0 amide bonds.